The molecule has 4 amide bonds. The first kappa shape index (κ1) is 16.4. The summed E-state index contributed by atoms with van der Waals surface area (Å²) in [5.74, 6) is -0.328. The third-order valence-corrected chi connectivity index (χ3v) is 4.10. The summed E-state index contributed by atoms with van der Waals surface area (Å²) in [6, 6.07) is 7.31. The Morgan fingerprint density at radius 2 is 2.14 bits per heavy atom. The summed E-state index contributed by atoms with van der Waals surface area (Å²) < 4.78 is 0. The third-order valence-electron chi connectivity index (χ3n) is 3.37. The maximum absolute atomic E-state index is 11.9. The van der Waals surface area contributed by atoms with Crippen LogP contribution in [0.2, 0.25) is 0 Å². The van der Waals surface area contributed by atoms with Crippen LogP contribution in [0.5, 0.6) is 0 Å². The Balaban J connectivity index is 1.78. The van der Waals surface area contributed by atoms with E-state index in [4.69, 9.17) is 0 Å². The van der Waals surface area contributed by atoms with Crippen LogP contribution in [0.3, 0.4) is 0 Å². The van der Waals surface area contributed by atoms with Crippen LogP contribution in [-0.4, -0.2) is 54.0 Å². The van der Waals surface area contributed by atoms with Gasteiger partial charge < -0.3 is 10.2 Å². The Bertz CT molecular complexity index is 591. The molecule has 0 spiro atoms. The summed E-state index contributed by atoms with van der Waals surface area (Å²) >= 11 is 1.61. The number of nitrogens with one attached hydrogen (secondary N) is 1. The van der Waals surface area contributed by atoms with E-state index < -0.39 is 0 Å². The number of hydrogen-bond acceptors (Lipinski definition) is 4. The van der Waals surface area contributed by atoms with Crippen molar-refractivity contribution in [1.82, 2.24) is 9.80 Å². The standard InChI is InChI=1S/C15H19N3O3S/c1-17-10-14(20)18(15(17)21)8-4-7-13(19)16-11-5-3-6-12(9-11)22-2/h3,5-6,9H,4,7-8,10H2,1-2H3,(H,16,19). The molecule has 1 aliphatic heterocycles. The average molecular weight is 321 g/mol. The zero-order valence-corrected chi connectivity index (χ0v) is 13.5. The molecule has 7 heteroatoms. The number of nitrogens with zero attached hydrogens (tertiary/aromatic N) is 2. The van der Waals surface area contributed by atoms with E-state index in [0.29, 0.717) is 6.42 Å². The number of thioether (sulfide) groups is 1. The normalized spacial score (nSPS) is 14.6. The summed E-state index contributed by atoms with van der Waals surface area (Å²) in [6.07, 6.45) is 2.70. The summed E-state index contributed by atoms with van der Waals surface area (Å²) in [7, 11) is 1.59. The predicted molar refractivity (Wildman–Crippen MR) is 85.8 cm³/mol. The van der Waals surface area contributed by atoms with E-state index in [-0.39, 0.29) is 37.4 Å². The van der Waals surface area contributed by atoms with Gasteiger partial charge in [-0.15, -0.1) is 11.8 Å². The van der Waals surface area contributed by atoms with Gasteiger partial charge in [-0.3, -0.25) is 14.5 Å². The van der Waals surface area contributed by atoms with Crippen LogP contribution in [0.1, 0.15) is 12.8 Å². The monoisotopic (exact) mass is 321 g/mol. The van der Waals surface area contributed by atoms with Crippen LogP contribution in [0.4, 0.5) is 10.5 Å². The Kier molecular flexibility index (Phi) is 5.43. The fourth-order valence-electron chi connectivity index (χ4n) is 2.21. The van der Waals surface area contributed by atoms with Crippen molar-refractivity contribution in [2.45, 2.75) is 17.7 Å². The zero-order valence-electron chi connectivity index (χ0n) is 12.7. The van der Waals surface area contributed by atoms with E-state index in [2.05, 4.69) is 5.32 Å². The number of anilines is 1. The second-order valence-electron chi connectivity index (χ2n) is 5.07. The quantitative estimate of drug-likeness (QED) is 0.643. The van der Waals surface area contributed by atoms with Gasteiger partial charge in [0.25, 0.3) is 0 Å². The molecule has 0 aliphatic carbocycles. The molecule has 2 rings (SSSR count). The Labute approximate surface area is 133 Å². The summed E-state index contributed by atoms with van der Waals surface area (Å²) in [5.41, 5.74) is 0.755. The largest absolute Gasteiger partial charge is 0.326 e. The highest BCUT2D eigenvalue weighted by atomic mass is 32.2. The van der Waals surface area contributed by atoms with Crippen molar-refractivity contribution in [3.8, 4) is 0 Å². The van der Waals surface area contributed by atoms with E-state index in [1.165, 1.54) is 9.80 Å². The minimum Gasteiger partial charge on any atom is -0.326 e. The topological polar surface area (TPSA) is 69.7 Å². The van der Waals surface area contributed by atoms with E-state index in [1.807, 2.05) is 30.5 Å². The lowest BCUT2D eigenvalue weighted by atomic mass is 10.2. The van der Waals surface area contributed by atoms with Gasteiger partial charge in [-0.2, -0.15) is 0 Å². The van der Waals surface area contributed by atoms with Crippen LogP contribution in [0.25, 0.3) is 0 Å². The van der Waals surface area contributed by atoms with Gasteiger partial charge in [-0.05, 0) is 30.9 Å². The van der Waals surface area contributed by atoms with Gasteiger partial charge in [0.1, 0.15) is 6.54 Å². The van der Waals surface area contributed by atoms with Crippen molar-refractivity contribution in [3.63, 3.8) is 0 Å². The SMILES string of the molecule is CSc1cccc(NC(=O)CCCN2C(=O)CN(C)C2=O)c1. The van der Waals surface area contributed by atoms with Gasteiger partial charge in [-0.25, -0.2) is 4.79 Å². The van der Waals surface area contributed by atoms with Crippen molar-refractivity contribution >= 4 is 35.3 Å². The zero-order chi connectivity index (χ0) is 16.1. The summed E-state index contributed by atoms with van der Waals surface area (Å²) in [4.78, 5) is 38.8. The highest BCUT2D eigenvalue weighted by Crippen LogP contribution is 2.19. The molecule has 22 heavy (non-hydrogen) atoms. The molecule has 1 N–H and O–H groups in total. The van der Waals surface area contributed by atoms with Gasteiger partial charge in [0, 0.05) is 30.6 Å². The molecular formula is C15H19N3O3S. The fraction of sp³-hybridized carbons (Fsp3) is 0.400. The number of carbonyl (C=O) groups is 3. The lowest BCUT2D eigenvalue weighted by molar-refractivity contribution is -0.125. The number of hydrogen-bond donors (Lipinski definition) is 1. The minimum absolute atomic E-state index is 0.118. The number of benzene rings is 1. The van der Waals surface area contributed by atoms with E-state index in [0.717, 1.165) is 10.6 Å². The third kappa shape index (κ3) is 4.00. The van der Waals surface area contributed by atoms with Gasteiger partial charge in [0.05, 0.1) is 0 Å². The van der Waals surface area contributed by atoms with Crippen molar-refractivity contribution in [3.05, 3.63) is 24.3 Å². The first-order valence-corrected chi connectivity index (χ1v) is 8.23. The molecule has 1 fully saturated rings. The first-order chi connectivity index (χ1) is 10.5. The Morgan fingerprint density at radius 3 is 2.77 bits per heavy atom. The molecule has 1 aromatic rings. The molecule has 0 radical (unpaired) electrons. The second-order valence-corrected chi connectivity index (χ2v) is 5.95. The number of carbonyl (C=O) groups excluding carboxylic acids is 3. The maximum Gasteiger partial charge on any atom is 0.326 e. The number of imide groups is 1. The first-order valence-electron chi connectivity index (χ1n) is 7.00. The van der Waals surface area contributed by atoms with Crippen molar-refractivity contribution in [2.24, 2.45) is 0 Å². The molecular weight excluding hydrogens is 302 g/mol. The van der Waals surface area contributed by atoms with Crippen molar-refractivity contribution in [1.29, 1.82) is 0 Å². The average Bonchev–Trinajstić information content (AvgIpc) is 2.73. The molecule has 1 saturated heterocycles. The molecule has 0 atom stereocenters. The summed E-state index contributed by atoms with van der Waals surface area (Å²) in [5, 5.41) is 2.82. The molecule has 0 unspecified atom stereocenters. The molecule has 0 saturated carbocycles. The van der Waals surface area contributed by atoms with Crippen LogP contribution in [-0.2, 0) is 9.59 Å². The molecule has 0 bridgehead atoms. The van der Waals surface area contributed by atoms with Crippen molar-refractivity contribution in [2.75, 3.05) is 31.7 Å². The molecule has 1 aliphatic rings. The molecule has 118 valence electrons. The smallest absolute Gasteiger partial charge is 0.326 e. The summed E-state index contributed by atoms with van der Waals surface area (Å²) in [6.45, 7) is 0.396. The predicted octanol–water partition coefficient (Wildman–Crippen LogP) is 2.02. The van der Waals surface area contributed by atoms with Gasteiger partial charge in [0.15, 0.2) is 0 Å². The van der Waals surface area contributed by atoms with Crippen LogP contribution in [0, 0.1) is 0 Å². The van der Waals surface area contributed by atoms with Gasteiger partial charge >= 0.3 is 6.03 Å². The number of urea groups is 1. The number of amides is 4. The highest BCUT2D eigenvalue weighted by Gasteiger charge is 2.32. The minimum atomic E-state index is -0.293. The number of rotatable bonds is 6. The van der Waals surface area contributed by atoms with Gasteiger partial charge in [0.2, 0.25) is 11.8 Å². The second kappa shape index (κ2) is 7.31. The lowest BCUT2D eigenvalue weighted by Gasteiger charge is -2.13. The fourth-order valence-corrected chi connectivity index (χ4v) is 2.67. The number of likely N-dealkylation sites (N-methyl/N-ethyl adjacent to an activating group) is 1. The maximum atomic E-state index is 11.9. The van der Waals surface area contributed by atoms with Gasteiger partial charge in [-0.1, -0.05) is 6.07 Å². The molecule has 6 nitrogen and oxygen atoms in total. The Hall–Kier alpha value is -2.02. The van der Waals surface area contributed by atoms with E-state index in [1.54, 1.807) is 18.8 Å². The lowest BCUT2D eigenvalue weighted by Crippen LogP contribution is -2.32. The van der Waals surface area contributed by atoms with E-state index in [9.17, 15) is 14.4 Å². The molecule has 1 heterocycles. The Morgan fingerprint density at radius 1 is 1.36 bits per heavy atom. The van der Waals surface area contributed by atoms with Crippen LogP contribution < -0.4 is 5.32 Å². The van der Waals surface area contributed by atoms with Crippen LogP contribution in [0.15, 0.2) is 29.2 Å². The van der Waals surface area contributed by atoms with Crippen molar-refractivity contribution < 1.29 is 14.4 Å². The van der Waals surface area contributed by atoms with Crippen LogP contribution >= 0.6 is 11.8 Å². The highest BCUT2D eigenvalue weighted by molar-refractivity contribution is 7.98. The molecule has 1 aromatic carbocycles. The van der Waals surface area contributed by atoms with E-state index >= 15 is 0 Å². The molecule has 0 aromatic heterocycles.